The standard InChI is InChI=1S/C16H11FN2O2/c17-11-5-3-4-10-8-13(21-16(10)11)15(20)12-9-19-7-2-1-6-14(19)18-12/h1-9,15,20H. The first kappa shape index (κ1) is 12.1. The smallest absolute Gasteiger partial charge is 0.170 e. The lowest BCUT2D eigenvalue weighted by Crippen LogP contribution is -1.97. The number of aromatic nitrogens is 2. The Labute approximate surface area is 119 Å². The second kappa shape index (κ2) is 4.43. The van der Waals surface area contributed by atoms with Gasteiger partial charge in [0.2, 0.25) is 0 Å². The summed E-state index contributed by atoms with van der Waals surface area (Å²) in [5, 5.41) is 11.0. The van der Waals surface area contributed by atoms with Crippen molar-refractivity contribution in [3.8, 4) is 0 Å². The first-order valence-corrected chi connectivity index (χ1v) is 6.52. The summed E-state index contributed by atoms with van der Waals surface area (Å²) >= 11 is 0. The number of fused-ring (bicyclic) bond motifs is 2. The van der Waals surface area contributed by atoms with Crippen molar-refractivity contribution in [3.63, 3.8) is 0 Å². The summed E-state index contributed by atoms with van der Waals surface area (Å²) < 4.78 is 20.9. The van der Waals surface area contributed by atoms with Crippen molar-refractivity contribution >= 4 is 16.6 Å². The van der Waals surface area contributed by atoms with Gasteiger partial charge in [0.1, 0.15) is 11.4 Å². The van der Waals surface area contributed by atoms with Gasteiger partial charge in [-0.1, -0.05) is 18.2 Å². The van der Waals surface area contributed by atoms with Crippen LogP contribution in [0.25, 0.3) is 16.6 Å². The van der Waals surface area contributed by atoms with E-state index in [0.717, 1.165) is 5.65 Å². The molecule has 0 fully saturated rings. The van der Waals surface area contributed by atoms with E-state index in [2.05, 4.69) is 4.98 Å². The van der Waals surface area contributed by atoms with E-state index >= 15 is 0 Å². The van der Waals surface area contributed by atoms with Gasteiger partial charge in [-0.2, -0.15) is 0 Å². The fourth-order valence-electron chi connectivity index (χ4n) is 2.41. The summed E-state index contributed by atoms with van der Waals surface area (Å²) in [5.74, 6) is -0.167. The fraction of sp³-hybridized carbons (Fsp3) is 0.0625. The molecule has 0 aliphatic rings. The molecule has 3 heterocycles. The number of imidazole rings is 1. The van der Waals surface area contributed by atoms with Crippen LogP contribution in [0.5, 0.6) is 0 Å². The zero-order chi connectivity index (χ0) is 14.4. The predicted octanol–water partition coefficient (Wildman–Crippen LogP) is 3.30. The van der Waals surface area contributed by atoms with Crippen LogP contribution in [0.1, 0.15) is 17.6 Å². The van der Waals surface area contributed by atoms with Crippen LogP contribution in [0.3, 0.4) is 0 Å². The molecule has 4 nitrogen and oxygen atoms in total. The van der Waals surface area contributed by atoms with Gasteiger partial charge in [-0.15, -0.1) is 0 Å². The van der Waals surface area contributed by atoms with Gasteiger partial charge in [0, 0.05) is 17.8 Å². The molecular weight excluding hydrogens is 271 g/mol. The summed E-state index contributed by atoms with van der Waals surface area (Å²) in [6, 6.07) is 11.9. The lowest BCUT2D eigenvalue weighted by atomic mass is 10.2. The Balaban J connectivity index is 1.81. The molecule has 1 aromatic carbocycles. The number of halogens is 1. The summed E-state index contributed by atoms with van der Waals surface area (Å²) in [6.45, 7) is 0. The van der Waals surface area contributed by atoms with E-state index in [1.165, 1.54) is 6.07 Å². The van der Waals surface area contributed by atoms with Crippen molar-refractivity contribution in [1.29, 1.82) is 0 Å². The first-order chi connectivity index (χ1) is 10.2. The van der Waals surface area contributed by atoms with Crippen molar-refractivity contribution in [1.82, 2.24) is 9.38 Å². The Bertz CT molecular complexity index is 909. The van der Waals surface area contributed by atoms with E-state index in [1.807, 2.05) is 28.8 Å². The van der Waals surface area contributed by atoms with Gasteiger partial charge < -0.3 is 13.9 Å². The molecule has 104 valence electrons. The van der Waals surface area contributed by atoms with Crippen molar-refractivity contribution in [2.45, 2.75) is 6.10 Å². The van der Waals surface area contributed by atoms with E-state index in [9.17, 15) is 9.50 Å². The van der Waals surface area contributed by atoms with Crippen molar-refractivity contribution < 1.29 is 13.9 Å². The maximum absolute atomic E-state index is 13.6. The van der Waals surface area contributed by atoms with E-state index in [1.54, 1.807) is 24.4 Å². The molecular formula is C16H11FN2O2. The third-order valence-electron chi connectivity index (χ3n) is 3.45. The molecule has 1 unspecified atom stereocenters. The molecule has 1 atom stereocenters. The van der Waals surface area contributed by atoms with Crippen LogP contribution >= 0.6 is 0 Å². The quantitative estimate of drug-likeness (QED) is 0.613. The number of rotatable bonds is 2. The predicted molar refractivity (Wildman–Crippen MR) is 75.4 cm³/mol. The van der Waals surface area contributed by atoms with Gasteiger partial charge in [-0.3, -0.25) is 0 Å². The van der Waals surface area contributed by atoms with Gasteiger partial charge in [-0.25, -0.2) is 9.37 Å². The minimum absolute atomic E-state index is 0.148. The van der Waals surface area contributed by atoms with E-state index < -0.39 is 11.9 Å². The molecule has 0 aliphatic carbocycles. The third-order valence-corrected chi connectivity index (χ3v) is 3.45. The van der Waals surface area contributed by atoms with Gasteiger partial charge in [0.25, 0.3) is 0 Å². The van der Waals surface area contributed by atoms with E-state index in [-0.39, 0.29) is 11.3 Å². The Morgan fingerprint density at radius 3 is 2.90 bits per heavy atom. The topological polar surface area (TPSA) is 50.7 Å². The number of benzene rings is 1. The molecule has 3 aromatic heterocycles. The second-order valence-corrected chi connectivity index (χ2v) is 4.84. The maximum Gasteiger partial charge on any atom is 0.170 e. The number of hydrogen-bond acceptors (Lipinski definition) is 3. The summed E-state index contributed by atoms with van der Waals surface area (Å²) in [5.41, 5.74) is 1.34. The monoisotopic (exact) mass is 282 g/mol. The number of aliphatic hydroxyl groups excluding tert-OH is 1. The van der Waals surface area contributed by atoms with Crippen LogP contribution in [0.4, 0.5) is 4.39 Å². The number of para-hydroxylation sites is 1. The lowest BCUT2D eigenvalue weighted by molar-refractivity contribution is 0.188. The molecule has 4 aromatic rings. The normalized spacial score (nSPS) is 13.0. The molecule has 21 heavy (non-hydrogen) atoms. The average molecular weight is 282 g/mol. The highest BCUT2D eigenvalue weighted by atomic mass is 19.1. The molecule has 5 heteroatoms. The maximum atomic E-state index is 13.6. The van der Waals surface area contributed by atoms with Crippen molar-refractivity contribution in [3.05, 3.63) is 72.1 Å². The molecule has 0 amide bonds. The van der Waals surface area contributed by atoms with E-state index in [0.29, 0.717) is 11.1 Å². The zero-order valence-corrected chi connectivity index (χ0v) is 10.9. The van der Waals surface area contributed by atoms with Gasteiger partial charge in [0.15, 0.2) is 17.5 Å². The number of hydrogen-bond donors (Lipinski definition) is 1. The van der Waals surface area contributed by atoms with Gasteiger partial charge in [0.05, 0.1) is 5.69 Å². The van der Waals surface area contributed by atoms with Crippen LogP contribution in [-0.4, -0.2) is 14.5 Å². The van der Waals surface area contributed by atoms with Crippen LogP contribution < -0.4 is 0 Å². The van der Waals surface area contributed by atoms with Crippen molar-refractivity contribution in [2.24, 2.45) is 0 Å². The molecule has 0 aliphatic heterocycles. The van der Waals surface area contributed by atoms with Gasteiger partial charge in [-0.05, 0) is 24.3 Å². The summed E-state index contributed by atoms with van der Waals surface area (Å²) in [4.78, 5) is 4.34. The number of aliphatic hydroxyl groups is 1. The van der Waals surface area contributed by atoms with E-state index in [4.69, 9.17) is 4.42 Å². The SMILES string of the molecule is OC(c1cn2ccccc2n1)c1cc2cccc(F)c2o1. The highest BCUT2D eigenvalue weighted by Crippen LogP contribution is 2.29. The Kier molecular flexibility index (Phi) is 2.55. The fourth-order valence-corrected chi connectivity index (χ4v) is 2.41. The van der Waals surface area contributed by atoms with Crippen LogP contribution in [0.15, 0.2) is 59.3 Å². The number of nitrogens with zero attached hydrogens (tertiary/aromatic N) is 2. The zero-order valence-electron chi connectivity index (χ0n) is 10.9. The average Bonchev–Trinajstić information content (AvgIpc) is 3.11. The second-order valence-electron chi connectivity index (χ2n) is 4.84. The Morgan fingerprint density at radius 2 is 2.10 bits per heavy atom. The molecule has 0 saturated heterocycles. The summed E-state index contributed by atoms with van der Waals surface area (Å²) in [7, 11) is 0. The largest absolute Gasteiger partial charge is 0.455 e. The minimum atomic E-state index is -1.03. The Hall–Kier alpha value is -2.66. The lowest BCUT2D eigenvalue weighted by Gasteiger charge is -2.02. The van der Waals surface area contributed by atoms with Crippen LogP contribution in [0.2, 0.25) is 0 Å². The highest BCUT2D eigenvalue weighted by Gasteiger charge is 2.19. The van der Waals surface area contributed by atoms with Crippen LogP contribution in [-0.2, 0) is 0 Å². The Morgan fingerprint density at radius 1 is 1.19 bits per heavy atom. The molecule has 4 rings (SSSR count). The molecule has 0 spiro atoms. The molecule has 1 N–H and O–H groups in total. The molecule has 0 saturated carbocycles. The highest BCUT2D eigenvalue weighted by molar-refractivity contribution is 5.78. The molecule has 0 radical (unpaired) electrons. The van der Waals surface area contributed by atoms with Crippen LogP contribution in [0, 0.1) is 5.82 Å². The first-order valence-electron chi connectivity index (χ1n) is 6.52. The van der Waals surface area contributed by atoms with Crippen molar-refractivity contribution in [2.75, 3.05) is 0 Å². The molecule has 0 bridgehead atoms. The van der Waals surface area contributed by atoms with Gasteiger partial charge >= 0.3 is 0 Å². The third kappa shape index (κ3) is 1.90. The minimum Gasteiger partial charge on any atom is -0.455 e. The number of furan rings is 1. The summed E-state index contributed by atoms with van der Waals surface area (Å²) in [6.07, 6.45) is 2.54. The number of pyridine rings is 1.